The van der Waals surface area contributed by atoms with Gasteiger partial charge in [0.25, 0.3) is 0 Å². The molecule has 2 rings (SSSR count). The Morgan fingerprint density at radius 1 is 1.04 bits per heavy atom. The highest BCUT2D eigenvalue weighted by Gasteiger charge is 2.41. The molecule has 1 saturated heterocycles. The number of likely N-dealkylation sites (tertiary alicyclic amines) is 1. The van der Waals surface area contributed by atoms with Crippen molar-refractivity contribution in [3.05, 3.63) is 0 Å². The van der Waals surface area contributed by atoms with Crippen molar-refractivity contribution in [3.63, 3.8) is 0 Å². The SMILES string of the molecule is COCCC(C)(C)C(C)(C)OC1CCN(C(=O)C2CC(OC)C2)CC1. The first-order valence-corrected chi connectivity index (χ1v) is 9.68. The molecule has 2 fully saturated rings. The normalized spacial score (nSPS) is 25.8. The lowest BCUT2D eigenvalue weighted by molar-refractivity contribution is -0.162. The molecule has 5 nitrogen and oxygen atoms in total. The van der Waals surface area contributed by atoms with Gasteiger partial charge in [-0.1, -0.05) is 13.8 Å². The molecule has 0 aromatic heterocycles. The molecule has 25 heavy (non-hydrogen) atoms. The number of nitrogens with zero attached hydrogens (tertiary/aromatic N) is 1. The summed E-state index contributed by atoms with van der Waals surface area (Å²) >= 11 is 0. The van der Waals surface area contributed by atoms with Crippen LogP contribution >= 0.6 is 0 Å². The number of carbonyl (C=O) groups excluding carboxylic acids is 1. The van der Waals surface area contributed by atoms with Crippen LogP contribution in [-0.4, -0.2) is 62.5 Å². The summed E-state index contributed by atoms with van der Waals surface area (Å²) in [5, 5.41) is 0. The third kappa shape index (κ3) is 4.95. The Labute approximate surface area is 153 Å². The monoisotopic (exact) mass is 355 g/mol. The molecular weight excluding hydrogens is 318 g/mol. The van der Waals surface area contributed by atoms with Crippen LogP contribution in [0.1, 0.15) is 59.8 Å². The summed E-state index contributed by atoms with van der Waals surface area (Å²) in [5.41, 5.74) is -0.181. The second-order valence-electron chi connectivity index (χ2n) is 8.81. The molecule has 146 valence electrons. The average molecular weight is 356 g/mol. The van der Waals surface area contributed by atoms with Crippen LogP contribution < -0.4 is 0 Å². The van der Waals surface area contributed by atoms with Crippen molar-refractivity contribution in [2.24, 2.45) is 11.3 Å². The largest absolute Gasteiger partial charge is 0.385 e. The highest BCUT2D eigenvalue weighted by molar-refractivity contribution is 5.80. The van der Waals surface area contributed by atoms with E-state index in [-0.39, 0.29) is 29.1 Å². The van der Waals surface area contributed by atoms with E-state index in [0.717, 1.165) is 51.8 Å². The molecule has 5 heteroatoms. The van der Waals surface area contributed by atoms with Crippen molar-refractivity contribution in [2.45, 2.75) is 77.6 Å². The lowest BCUT2D eigenvalue weighted by Gasteiger charge is -2.46. The van der Waals surface area contributed by atoms with Gasteiger partial charge in [0.15, 0.2) is 0 Å². The molecule has 0 radical (unpaired) electrons. The van der Waals surface area contributed by atoms with Crippen LogP contribution in [0.2, 0.25) is 0 Å². The molecule has 1 saturated carbocycles. The van der Waals surface area contributed by atoms with Gasteiger partial charge in [0.05, 0.1) is 17.8 Å². The first-order chi connectivity index (χ1) is 11.7. The molecule has 0 spiro atoms. The van der Waals surface area contributed by atoms with Gasteiger partial charge in [-0.25, -0.2) is 0 Å². The molecule has 0 unspecified atom stereocenters. The highest BCUT2D eigenvalue weighted by atomic mass is 16.5. The third-order valence-electron chi connectivity index (χ3n) is 6.55. The van der Waals surface area contributed by atoms with E-state index in [4.69, 9.17) is 14.2 Å². The molecule has 1 amide bonds. The van der Waals surface area contributed by atoms with E-state index in [1.165, 1.54) is 0 Å². The van der Waals surface area contributed by atoms with Crippen molar-refractivity contribution in [3.8, 4) is 0 Å². The Kier molecular flexibility index (Phi) is 6.91. The number of rotatable bonds is 8. The van der Waals surface area contributed by atoms with E-state index in [1.54, 1.807) is 14.2 Å². The zero-order chi connectivity index (χ0) is 18.7. The maximum absolute atomic E-state index is 12.5. The third-order valence-corrected chi connectivity index (χ3v) is 6.55. The predicted molar refractivity (Wildman–Crippen MR) is 98.6 cm³/mol. The quantitative estimate of drug-likeness (QED) is 0.670. The zero-order valence-electron chi connectivity index (χ0n) is 17.0. The second kappa shape index (κ2) is 8.36. The summed E-state index contributed by atoms with van der Waals surface area (Å²) < 4.78 is 17.0. The van der Waals surface area contributed by atoms with Gasteiger partial charge in [0.2, 0.25) is 5.91 Å². The minimum Gasteiger partial charge on any atom is -0.385 e. The van der Waals surface area contributed by atoms with E-state index in [9.17, 15) is 4.79 Å². The van der Waals surface area contributed by atoms with Crippen LogP contribution in [0.15, 0.2) is 0 Å². The van der Waals surface area contributed by atoms with E-state index in [0.29, 0.717) is 5.91 Å². The van der Waals surface area contributed by atoms with E-state index in [1.807, 2.05) is 4.90 Å². The number of ether oxygens (including phenoxy) is 3. The molecule has 1 heterocycles. The van der Waals surface area contributed by atoms with Gasteiger partial charge in [-0.15, -0.1) is 0 Å². The Hall–Kier alpha value is -0.650. The summed E-state index contributed by atoms with van der Waals surface area (Å²) in [7, 11) is 3.47. The van der Waals surface area contributed by atoms with Gasteiger partial charge < -0.3 is 19.1 Å². The van der Waals surface area contributed by atoms with Crippen molar-refractivity contribution >= 4 is 5.91 Å². The van der Waals surface area contributed by atoms with Crippen molar-refractivity contribution < 1.29 is 19.0 Å². The lowest BCUT2D eigenvalue weighted by Crippen LogP contribution is -2.50. The van der Waals surface area contributed by atoms with Crippen molar-refractivity contribution in [2.75, 3.05) is 33.9 Å². The number of piperidine rings is 1. The van der Waals surface area contributed by atoms with Gasteiger partial charge in [-0.3, -0.25) is 4.79 Å². The summed E-state index contributed by atoms with van der Waals surface area (Å²) in [6.07, 6.45) is 5.10. The summed E-state index contributed by atoms with van der Waals surface area (Å²) in [6.45, 7) is 11.2. The van der Waals surface area contributed by atoms with Gasteiger partial charge in [-0.05, 0) is 51.4 Å². The predicted octanol–water partition coefficient (Wildman–Crippen LogP) is 3.26. The molecular formula is C20H37NO4. The minimum atomic E-state index is -0.220. The molecule has 1 aliphatic carbocycles. The first-order valence-electron chi connectivity index (χ1n) is 9.68. The highest BCUT2D eigenvalue weighted by Crippen LogP contribution is 2.39. The molecule has 0 aromatic carbocycles. The first kappa shape index (κ1) is 20.7. The number of hydrogen-bond acceptors (Lipinski definition) is 4. The maximum Gasteiger partial charge on any atom is 0.225 e. The van der Waals surface area contributed by atoms with Crippen LogP contribution in [0.5, 0.6) is 0 Å². The maximum atomic E-state index is 12.5. The topological polar surface area (TPSA) is 48.0 Å². The summed E-state index contributed by atoms with van der Waals surface area (Å²) in [4.78, 5) is 14.6. The van der Waals surface area contributed by atoms with E-state index < -0.39 is 0 Å². The number of methoxy groups -OCH3 is 2. The van der Waals surface area contributed by atoms with Gasteiger partial charge >= 0.3 is 0 Å². The fourth-order valence-electron chi connectivity index (χ4n) is 3.65. The van der Waals surface area contributed by atoms with Crippen LogP contribution in [-0.2, 0) is 19.0 Å². The van der Waals surface area contributed by atoms with E-state index >= 15 is 0 Å². The van der Waals surface area contributed by atoms with Crippen LogP contribution in [0, 0.1) is 11.3 Å². The van der Waals surface area contributed by atoms with Crippen LogP contribution in [0.4, 0.5) is 0 Å². The molecule has 0 aromatic rings. The smallest absolute Gasteiger partial charge is 0.225 e. The molecule has 0 atom stereocenters. The van der Waals surface area contributed by atoms with E-state index in [2.05, 4.69) is 27.7 Å². The number of hydrogen-bond donors (Lipinski definition) is 0. The summed E-state index contributed by atoms with van der Waals surface area (Å²) in [5.74, 6) is 0.485. The fourth-order valence-corrected chi connectivity index (χ4v) is 3.65. The number of carbonyl (C=O) groups is 1. The van der Waals surface area contributed by atoms with Crippen LogP contribution in [0.3, 0.4) is 0 Å². The molecule has 1 aliphatic heterocycles. The Morgan fingerprint density at radius 2 is 1.64 bits per heavy atom. The van der Waals surface area contributed by atoms with Crippen molar-refractivity contribution in [1.29, 1.82) is 0 Å². The van der Waals surface area contributed by atoms with Crippen molar-refractivity contribution in [1.82, 2.24) is 4.90 Å². The Balaban J connectivity index is 1.79. The second-order valence-corrected chi connectivity index (χ2v) is 8.81. The fraction of sp³-hybridized carbons (Fsp3) is 0.950. The van der Waals surface area contributed by atoms with Crippen LogP contribution in [0.25, 0.3) is 0 Å². The van der Waals surface area contributed by atoms with Gasteiger partial charge in [-0.2, -0.15) is 0 Å². The van der Waals surface area contributed by atoms with Gasteiger partial charge in [0, 0.05) is 39.8 Å². The summed E-state index contributed by atoms with van der Waals surface area (Å²) in [6, 6.07) is 0. The molecule has 0 N–H and O–H groups in total. The zero-order valence-corrected chi connectivity index (χ0v) is 17.0. The Morgan fingerprint density at radius 3 is 2.16 bits per heavy atom. The Bertz CT molecular complexity index is 435. The molecule has 0 bridgehead atoms. The minimum absolute atomic E-state index is 0.0387. The average Bonchev–Trinajstić information content (AvgIpc) is 2.52. The molecule has 2 aliphatic rings. The standard InChI is InChI=1S/C20H37NO4/c1-19(2,9-12-23-5)20(3,4)25-16-7-10-21(11-8-16)18(22)15-13-17(14-15)24-6/h15-17H,7-14H2,1-6H3. The lowest BCUT2D eigenvalue weighted by atomic mass is 9.74. The van der Waals surface area contributed by atoms with Gasteiger partial charge in [0.1, 0.15) is 0 Å². The number of amides is 1.